The molecule has 0 amide bonds. The molecule has 1 atom stereocenters. The monoisotopic (exact) mass is 1030 g/mol. The van der Waals surface area contributed by atoms with Crippen LogP contribution in [0.1, 0.15) is 367 Å². The summed E-state index contributed by atoms with van der Waals surface area (Å²) in [6.45, 7) is 6.70. The Balaban J connectivity index is 4.30. The Morgan fingerprint density at radius 3 is 0.685 bits per heavy atom. The van der Waals surface area contributed by atoms with Crippen LogP contribution in [0, 0.1) is 0 Å². The summed E-state index contributed by atoms with van der Waals surface area (Å²) in [6, 6.07) is 0. The summed E-state index contributed by atoms with van der Waals surface area (Å²) in [5.74, 6) is -0.844. The van der Waals surface area contributed by atoms with Gasteiger partial charge in [0.25, 0.3) is 0 Å². The molecule has 6 nitrogen and oxygen atoms in total. The summed E-state index contributed by atoms with van der Waals surface area (Å²) in [7, 11) is 0. The molecule has 0 saturated carbocycles. The fourth-order valence-corrected chi connectivity index (χ4v) is 9.97. The lowest BCUT2D eigenvalue weighted by molar-refractivity contribution is -0.167. The van der Waals surface area contributed by atoms with E-state index in [1.54, 1.807) is 0 Å². The SMILES string of the molecule is CCCCCCCC/C=C\CCCCCCCCCCCC(=O)OC(COC(=O)CCCCCCCCCCC/C=C\CCCCCCCCCC)COC(=O)CCCCCCCCCCCCCCCCC. The number of carbonyl (C=O) groups excluding carboxylic acids is 3. The maximum atomic E-state index is 12.9. The van der Waals surface area contributed by atoms with Crippen LogP contribution >= 0.6 is 0 Å². The van der Waals surface area contributed by atoms with Crippen molar-refractivity contribution in [3.05, 3.63) is 24.3 Å². The molecule has 0 aromatic heterocycles. The van der Waals surface area contributed by atoms with Crippen molar-refractivity contribution in [2.24, 2.45) is 0 Å². The number of hydrogen-bond acceptors (Lipinski definition) is 6. The van der Waals surface area contributed by atoms with Gasteiger partial charge in [0.15, 0.2) is 6.10 Å². The van der Waals surface area contributed by atoms with Crippen LogP contribution in [0.15, 0.2) is 24.3 Å². The van der Waals surface area contributed by atoms with Gasteiger partial charge in [-0.1, -0.05) is 302 Å². The summed E-state index contributed by atoms with van der Waals surface area (Å²) in [5.41, 5.74) is 0. The van der Waals surface area contributed by atoms with E-state index in [1.165, 1.54) is 270 Å². The second-order valence-corrected chi connectivity index (χ2v) is 22.4. The van der Waals surface area contributed by atoms with Gasteiger partial charge in [-0.15, -0.1) is 0 Å². The average molecular weight is 1030 g/mol. The van der Waals surface area contributed by atoms with Gasteiger partial charge in [-0.2, -0.15) is 0 Å². The molecule has 0 fully saturated rings. The first kappa shape index (κ1) is 70.9. The predicted molar refractivity (Wildman–Crippen MR) is 316 cm³/mol. The molecule has 430 valence electrons. The third kappa shape index (κ3) is 60.6. The fourth-order valence-electron chi connectivity index (χ4n) is 9.97. The maximum absolute atomic E-state index is 12.9. The molecular weight excluding hydrogens is 901 g/mol. The second kappa shape index (κ2) is 62.4. The maximum Gasteiger partial charge on any atom is 0.306 e. The molecule has 0 heterocycles. The summed E-state index contributed by atoms with van der Waals surface area (Å²) in [6.07, 6.45) is 74.7. The first-order valence-electron chi connectivity index (χ1n) is 32.8. The Morgan fingerprint density at radius 2 is 0.452 bits per heavy atom. The van der Waals surface area contributed by atoms with Crippen molar-refractivity contribution < 1.29 is 28.6 Å². The molecule has 0 N–H and O–H groups in total. The van der Waals surface area contributed by atoms with Crippen LogP contribution in [0.25, 0.3) is 0 Å². The molecule has 0 spiro atoms. The van der Waals surface area contributed by atoms with Gasteiger partial charge in [-0.25, -0.2) is 0 Å². The molecule has 73 heavy (non-hydrogen) atoms. The quantitative estimate of drug-likeness (QED) is 0.0261. The largest absolute Gasteiger partial charge is 0.462 e. The highest BCUT2D eigenvalue weighted by Gasteiger charge is 2.19. The van der Waals surface area contributed by atoms with Gasteiger partial charge in [0.05, 0.1) is 0 Å². The van der Waals surface area contributed by atoms with Crippen molar-refractivity contribution in [1.29, 1.82) is 0 Å². The highest BCUT2D eigenvalue weighted by molar-refractivity contribution is 5.71. The van der Waals surface area contributed by atoms with E-state index in [9.17, 15) is 14.4 Å². The Morgan fingerprint density at radius 1 is 0.260 bits per heavy atom. The number of rotatable bonds is 61. The molecule has 0 radical (unpaired) electrons. The molecule has 0 aliphatic carbocycles. The molecule has 0 aromatic carbocycles. The zero-order valence-electron chi connectivity index (χ0n) is 49.4. The highest BCUT2D eigenvalue weighted by Crippen LogP contribution is 2.18. The Labute approximate surface area is 455 Å². The van der Waals surface area contributed by atoms with Gasteiger partial charge in [-0.3, -0.25) is 14.4 Å². The van der Waals surface area contributed by atoms with Gasteiger partial charge in [0.1, 0.15) is 13.2 Å². The lowest BCUT2D eigenvalue weighted by Gasteiger charge is -2.18. The van der Waals surface area contributed by atoms with Gasteiger partial charge in [-0.05, 0) is 70.6 Å². The highest BCUT2D eigenvalue weighted by atomic mass is 16.6. The Hall–Kier alpha value is -2.11. The van der Waals surface area contributed by atoms with E-state index in [4.69, 9.17) is 14.2 Å². The second-order valence-electron chi connectivity index (χ2n) is 22.4. The molecule has 0 aliphatic heterocycles. The van der Waals surface area contributed by atoms with E-state index < -0.39 is 6.10 Å². The van der Waals surface area contributed by atoms with E-state index in [2.05, 4.69) is 45.1 Å². The topological polar surface area (TPSA) is 78.9 Å². The summed E-state index contributed by atoms with van der Waals surface area (Å²) in [5, 5.41) is 0. The molecule has 1 unspecified atom stereocenters. The molecule has 0 aliphatic rings. The Bertz CT molecular complexity index is 1180. The van der Waals surface area contributed by atoms with Crippen molar-refractivity contribution in [1.82, 2.24) is 0 Å². The van der Waals surface area contributed by atoms with Crippen LogP contribution in [0.3, 0.4) is 0 Å². The molecular formula is C67H126O6. The van der Waals surface area contributed by atoms with Crippen LogP contribution in [0.2, 0.25) is 0 Å². The van der Waals surface area contributed by atoms with Gasteiger partial charge >= 0.3 is 17.9 Å². The van der Waals surface area contributed by atoms with Crippen molar-refractivity contribution in [3.8, 4) is 0 Å². The summed E-state index contributed by atoms with van der Waals surface area (Å²) < 4.78 is 17.0. The van der Waals surface area contributed by atoms with Crippen LogP contribution in [-0.4, -0.2) is 37.2 Å². The third-order valence-electron chi connectivity index (χ3n) is 14.9. The van der Waals surface area contributed by atoms with E-state index in [1.807, 2.05) is 0 Å². The normalized spacial score (nSPS) is 12.1. The molecule has 6 heteroatoms. The number of carbonyl (C=O) groups is 3. The molecule has 0 saturated heterocycles. The summed E-state index contributed by atoms with van der Waals surface area (Å²) in [4.78, 5) is 38.3. The van der Waals surface area contributed by atoms with E-state index in [0.717, 1.165) is 57.8 Å². The van der Waals surface area contributed by atoms with Crippen molar-refractivity contribution in [3.63, 3.8) is 0 Å². The lowest BCUT2D eigenvalue weighted by Crippen LogP contribution is -2.30. The minimum atomic E-state index is -0.770. The smallest absolute Gasteiger partial charge is 0.306 e. The number of hydrogen-bond donors (Lipinski definition) is 0. The number of esters is 3. The van der Waals surface area contributed by atoms with E-state index >= 15 is 0 Å². The fraction of sp³-hybridized carbons (Fsp3) is 0.896. The van der Waals surface area contributed by atoms with Crippen LogP contribution < -0.4 is 0 Å². The van der Waals surface area contributed by atoms with Crippen molar-refractivity contribution in [2.75, 3.05) is 13.2 Å². The first-order chi connectivity index (χ1) is 36.0. The number of unbranched alkanes of at least 4 members (excludes halogenated alkanes) is 46. The molecule has 0 rings (SSSR count). The lowest BCUT2D eigenvalue weighted by atomic mass is 10.0. The zero-order chi connectivity index (χ0) is 52.9. The summed E-state index contributed by atoms with van der Waals surface area (Å²) >= 11 is 0. The number of ether oxygens (including phenoxy) is 3. The van der Waals surface area contributed by atoms with Gasteiger partial charge < -0.3 is 14.2 Å². The van der Waals surface area contributed by atoms with Crippen LogP contribution in [0.5, 0.6) is 0 Å². The van der Waals surface area contributed by atoms with Crippen LogP contribution in [-0.2, 0) is 28.6 Å². The van der Waals surface area contributed by atoms with Gasteiger partial charge in [0.2, 0.25) is 0 Å². The van der Waals surface area contributed by atoms with E-state index in [-0.39, 0.29) is 31.1 Å². The van der Waals surface area contributed by atoms with E-state index in [0.29, 0.717) is 19.3 Å². The average Bonchev–Trinajstić information content (AvgIpc) is 3.39. The number of allylic oxidation sites excluding steroid dienone is 4. The van der Waals surface area contributed by atoms with Crippen molar-refractivity contribution >= 4 is 17.9 Å². The standard InChI is InChI=1S/C67H126O6/c1-4-7-10-13-16-19-22-25-28-30-32-33-35-36-39-42-45-48-51-54-57-60-66(69)72-63-64(62-71-65(68)59-56-53-50-47-44-41-38-27-24-21-18-15-12-9-6-3)73-67(70)61-58-55-52-49-46-43-40-37-34-31-29-26-23-20-17-14-11-8-5-2/h26,29-30,32,64H,4-25,27-28,31,33-63H2,1-3H3/b29-26-,32-30-. The zero-order valence-corrected chi connectivity index (χ0v) is 49.4. The first-order valence-corrected chi connectivity index (χ1v) is 32.8. The third-order valence-corrected chi connectivity index (χ3v) is 14.9. The minimum Gasteiger partial charge on any atom is -0.462 e. The minimum absolute atomic E-state index is 0.0673. The molecule has 0 aromatic rings. The van der Waals surface area contributed by atoms with Crippen LogP contribution in [0.4, 0.5) is 0 Å². The molecule has 0 bridgehead atoms. The van der Waals surface area contributed by atoms with Crippen molar-refractivity contribution in [2.45, 2.75) is 374 Å². The Kier molecular flexibility index (Phi) is 60.6. The van der Waals surface area contributed by atoms with Gasteiger partial charge in [0, 0.05) is 19.3 Å². The predicted octanol–water partition coefficient (Wildman–Crippen LogP) is 22.2.